The monoisotopic (exact) mass is 222 g/mol. The molecule has 0 N–H and O–H groups in total. The summed E-state index contributed by atoms with van der Waals surface area (Å²) in [5.41, 5.74) is 1.02. The minimum Gasteiger partial charge on any atom is -0.497 e. The quantitative estimate of drug-likeness (QED) is 0.742. The zero-order chi connectivity index (χ0) is 12.0. The summed E-state index contributed by atoms with van der Waals surface area (Å²) in [7, 11) is 3.26. The molecule has 0 bridgehead atoms. The fourth-order valence-electron chi connectivity index (χ4n) is 1.53. The van der Waals surface area contributed by atoms with Crippen molar-refractivity contribution in [2.75, 3.05) is 14.2 Å². The van der Waals surface area contributed by atoms with Crippen LogP contribution in [-0.2, 0) is 11.2 Å². The average molecular weight is 222 g/mol. The number of hydrogen-bond acceptors (Lipinski definition) is 3. The average Bonchev–Trinajstić information content (AvgIpc) is 2.35. The second-order valence-corrected chi connectivity index (χ2v) is 3.57. The molecule has 1 rings (SSSR count). The number of aryl methyl sites for hydroxylation is 1. The fraction of sp³-hybridized carbons (Fsp3) is 0.462. The van der Waals surface area contributed by atoms with Crippen LogP contribution in [-0.4, -0.2) is 20.0 Å². The first-order chi connectivity index (χ1) is 7.71. The third kappa shape index (κ3) is 3.26. The van der Waals surface area contributed by atoms with Gasteiger partial charge in [-0.15, -0.1) is 0 Å². The van der Waals surface area contributed by atoms with Gasteiger partial charge in [-0.2, -0.15) is 0 Å². The van der Waals surface area contributed by atoms with Crippen LogP contribution in [0.3, 0.4) is 0 Å². The number of Topliss-reactive ketones (excluding diaryl/α,β-unsaturated/α-hetero) is 1. The van der Waals surface area contributed by atoms with Crippen LogP contribution in [0.2, 0.25) is 0 Å². The smallest absolute Gasteiger partial charge is 0.132 e. The minimum absolute atomic E-state index is 0.268. The highest BCUT2D eigenvalue weighted by molar-refractivity contribution is 5.78. The van der Waals surface area contributed by atoms with E-state index in [0.29, 0.717) is 19.3 Å². The summed E-state index contributed by atoms with van der Waals surface area (Å²) in [6.45, 7) is 1.88. The van der Waals surface area contributed by atoms with Crippen molar-refractivity contribution in [3.63, 3.8) is 0 Å². The third-order valence-corrected chi connectivity index (χ3v) is 2.56. The van der Waals surface area contributed by atoms with Gasteiger partial charge in [0, 0.05) is 12.8 Å². The van der Waals surface area contributed by atoms with E-state index in [9.17, 15) is 4.79 Å². The maximum absolute atomic E-state index is 11.3. The summed E-state index contributed by atoms with van der Waals surface area (Å²) in [4.78, 5) is 11.3. The fourth-order valence-corrected chi connectivity index (χ4v) is 1.53. The van der Waals surface area contributed by atoms with Crippen molar-refractivity contribution >= 4 is 5.78 Å². The van der Waals surface area contributed by atoms with Crippen molar-refractivity contribution in [2.45, 2.75) is 26.2 Å². The molecule has 0 amide bonds. The summed E-state index contributed by atoms with van der Waals surface area (Å²) in [5.74, 6) is 1.87. The number of rotatable bonds is 6. The molecule has 0 aromatic heterocycles. The van der Waals surface area contributed by atoms with E-state index < -0.39 is 0 Å². The van der Waals surface area contributed by atoms with E-state index in [1.807, 2.05) is 25.1 Å². The van der Waals surface area contributed by atoms with E-state index in [1.165, 1.54) is 0 Å². The second kappa shape index (κ2) is 6.16. The number of hydrogen-bond donors (Lipinski definition) is 0. The highest BCUT2D eigenvalue weighted by Crippen LogP contribution is 2.25. The van der Waals surface area contributed by atoms with Gasteiger partial charge in [-0.3, -0.25) is 4.79 Å². The molecule has 88 valence electrons. The molecule has 0 atom stereocenters. The number of benzene rings is 1. The molecule has 3 nitrogen and oxygen atoms in total. The van der Waals surface area contributed by atoms with Crippen LogP contribution in [0.1, 0.15) is 25.3 Å². The minimum atomic E-state index is 0.268. The molecular formula is C13H18O3. The number of methoxy groups -OCH3 is 2. The molecule has 0 saturated carbocycles. The van der Waals surface area contributed by atoms with E-state index in [-0.39, 0.29) is 5.78 Å². The number of ketones is 1. The highest BCUT2D eigenvalue weighted by Gasteiger charge is 2.07. The summed E-state index contributed by atoms with van der Waals surface area (Å²) in [6.07, 6.45) is 1.85. The van der Waals surface area contributed by atoms with Crippen LogP contribution in [0.25, 0.3) is 0 Å². The number of ether oxygens (including phenoxy) is 2. The Kier molecular flexibility index (Phi) is 4.83. The summed E-state index contributed by atoms with van der Waals surface area (Å²) >= 11 is 0. The van der Waals surface area contributed by atoms with Gasteiger partial charge in [0.05, 0.1) is 14.2 Å². The summed E-state index contributed by atoms with van der Waals surface area (Å²) in [6, 6.07) is 5.64. The first-order valence-electron chi connectivity index (χ1n) is 5.43. The Hall–Kier alpha value is -1.51. The Morgan fingerprint density at radius 2 is 2.00 bits per heavy atom. The van der Waals surface area contributed by atoms with Gasteiger partial charge >= 0.3 is 0 Å². The van der Waals surface area contributed by atoms with Crippen LogP contribution in [0.5, 0.6) is 11.5 Å². The standard InChI is InChI=1S/C13H18O3/c1-4-11(14)6-5-10-9-12(15-2)7-8-13(10)16-3/h7-9H,4-6H2,1-3H3. The van der Waals surface area contributed by atoms with Crippen molar-refractivity contribution < 1.29 is 14.3 Å². The van der Waals surface area contributed by atoms with Gasteiger partial charge in [0.1, 0.15) is 17.3 Å². The van der Waals surface area contributed by atoms with Crippen LogP contribution >= 0.6 is 0 Å². The molecule has 1 aromatic carbocycles. The van der Waals surface area contributed by atoms with E-state index in [1.54, 1.807) is 14.2 Å². The van der Waals surface area contributed by atoms with Gasteiger partial charge in [-0.25, -0.2) is 0 Å². The van der Waals surface area contributed by atoms with Gasteiger partial charge < -0.3 is 9.47 Å². The highest BCUT2D eigenvalue weighted by atomic mass is 16.5. The van der Waals surface area contributed by atoms with Crippen LogP contribution < -0.4 is 9.47 Å². The lowest BCUT2D eigenvalue weighted by molar-refractivity contribution is -0.118. The lowest BCUT2D eigenvalue weighted by Crippen LogP contribution is -2.00. The second-order valence-electron chi connectivity index (χ2n) is 3.57. The zero-order valence-corrected chi connectivity index (χ0v) is 10.1. The molecule has 0 fully saturated rings. The first kappa shape index (κ1) is 12.6. The van der Waals surface area contributed by atoms with E-state index >= 15 is 0 Å². The summed E-state index contributed by atoms with van der Waals surface area (Å²) in [5, 5.41) is 0. The van der Waals surface area contributed by atoms with Crippen molar-refractivity contribution in [1.29, 1.82) is 0 Å². The van der Waals surface area contributed by atoms with Gasteiger partial charge in [0.2, 0.25) is 0 Å². The van der Waals surface area contributed by atoms with Crippen molar-refractivity contribution in [2.24, 2.45) is 0 Å². The molecule has 0 spiro atoms. The largest absolute Gasteiger partial charge is 0.497 e. The Balaban J connectivity index is 2.78. The molecule has 3 heteroatoms. The summed E-state index contributed by atoms with van der Waals surface area (Å²) < 4.78 is 10.4. The Bertz CT molecular complexity index is 358. The molecule has 1 aromatic rings. The van der Waals surface area contributed by atoms with Crippen molar-refractivity contribution in [3.05, 3.63) is 23.8 Å². The molecule has 0 heterocycles. The SMILES string of the molecule is CCC(=O)CCc1cc(OC)ccc1OC. The molecule has 0 aliphatic heterocycles. The maximum Gasteiger partial charge on any atom is 0.132 e. The van der Waals surface area contributed by atoms with E-state index in [4.69, 9.17) is 9.47 Å². The predicted molar refractivity (Wildman–Crippen MR) is 63.2 cm³/mol. The molecular weight excluding hydrogens is 204 g/mol. The van der Waals surface area contributed by atoms with Gasteiger partial charge in [-0.05, 0) is 30.2 Å². The topological polar surface area (TPSA) is 35.5 Å². The van der Waals surface area contributed by atoms with Gasteiger partial charge in [0.15, 0.2) is 0 Å². The molecule has 0 aliphatic rings. The molecule has 0 unspecified atom stereocenters. The van der Waals surface area contributed by atoms with Crippen molar-refractivity contribution in [1.82, 2.24) is 0 Å². The van der Waals surface area contributed by atoms with Crippen LogP contribution in [0.4, 0.5) is 0 Å². The van der Waals surface area contributed by atoms with E-state index in [2.05, 4.69) is 0 Å². The lowest BCUT2D eigenvalue weighted by Gasteiger charge is -2.09. The third-order valence-electron chi connectivity index (χ3n) is 2.56. The lowest BCUT2D eigenvalue weighted by atomic mass is 10.1. The molecule has 0 radical (unpaired) electrons. The van der Waals surface area contributed by atoms with Crippen molar-refractivity contribution in [3.8, 4) is 11.5 Å². The number of carbonyl (C=O) groups excluding carboxylic acids is 1. The van der Waals surface area contributed by atoms with Gasteiger partial charge in [0.25, 0.3) is 0 Å². The normalized spacial score (nSPS) is 9.94. The van der Waals surface area contributed by atoms with Crippen LogP contribution in [0.15, 0.2) is 18.2 Å². The van der Waals surface area contributed by atoms with Crippen LogP contribution in [0, 0.1) is 0 Å². The molecule has 16 heavy (non-hydrogen) atoms. The Labute approximate surface area is 96.4 Å². The van der Waals surface area contributed by atoms with E-state index in [0.717, 1.165) is 17.1 Å². The molecule has 0 saturated heterocycles. The first-order valence-corrected chi connectivity index (χ1v) is 5.43. The zero-order valence-electron chi connectivity index (χ0n) is 10.1. The number of carbonyl (C=O) groups is 1. The molecule has 0 aliphatic carbocycles. The predicted octanol–water partition coefficient (Wildman–Crippen LogP) is 2.62. The van der Waals surface area contributed by atoms with Gasteiger partial charge in [-0.1, -0.05) is 6.92 Å². The maximum atomic E-state index is 11.3. The Morgan fingerprint density at radius 3 is 2.56 bits per heavy atom. The Morgan fingerprint density at radius 1 is 1.25 bits per heavy atom.